The van der Waals surface area contributed by atoms with Crippen molar-refractivity contribution in [3.05, 3.63) is 29.8 Å². The zero-order valence-electron chi connectivity index (χ0n) is 12.8. The molecule has 1 aromatic carbocycles. The second-order valence-corrected chi connectivity index (χ2v) is 5.84. The molecule has 112 valence electrons. The molecule has 0 aliphatic heterocycles. The van der Waals surface area contributed by atoms with Gasteiger partial charge in [0.25, 0.3) is 0 Å². The third-order valence-corrected chi connectivity index (χ3v) is 4.35. The van der Waals surface area contributed by atoms with Gasteiger partial charge in [0.05, 0.1) is 12.7 Å². The lowest BCUT2D eigenvalue weighted by Crippen LogP contribution is -2.43. The van der Waals surface area contributed by atoms with Crippen molar-refractivity contribution in [3.63, 3.8) is 0 Å². The first kappa shape index (κ1) is 15.3. The van der Waals surface area contributed by atoms with E-state index in [-0.39, 0.29) is 0 Å². The van der Waals surface area contributed by atoms with Crippen molar-refractivity contribution in [2.45, 2.75) is 51.2 Å². The van der Waals surface area contributed by atoms with Gasteiger partial charge in [-0.25, -0.2) is 0 Å². The van der Waals surface area contributed by atoms with Crippen LogP contribution >= 0.6 is 0 Å². The van der Waals surface area contributed by atoms with Crippen molar-refractivity contribution >= 4 is 0 Å². The summed E-state index contributed by atoms with van der Waals surface area (Å²) in [6.07, 6.45) is 3.49. The van der Waals surface area contributed by atoms with Gasteiger partial charge in [0, 0.05) is 12.2 Å². The van der Waals surface area contributed by atoms with Gasteiger partial charge in [0.2, 0.25) is 0 Å². The fourth-order valence-corrected chi connectivity index (χ4v) is 3.47. The van der Waals surface area contributed by atoms with E-state index in [1.54, 1.807) is 7.11 Å². The molecular weight excluding hydrogens is 252 g/mol. The van der Waals surface area contributed by atoms with Crippen LogP contribution in [0.5, 0.6) is 5.75 Å². The quantitative estimate of drug-likeness (QED) is 0.892. The van der Waals surface area contributed by atoms with E-state index in [0.29, 0.717) is 12.5 Å². The number of methoxy groups -OCH3 is 1. The van der Waals surface area contributed by atoms with Gasteiger partial charge in [-0.2, -0.15) is 0 Å². The highest BCUT2D eigenvalue weighted by Crippen LogP contribution is 2.45. The first-order chi connectivity index (χ1) is 9.63. The standard InChI is InChI=1S/C17H26O3/c1-4-20-17(11-7-8-13(2)12-17)16(18)14-9-5-6-10-15(14)19-3/h5-6,9-10,13,16,18H,4,7-8,11-12H2,1-3H3. The highest BCUT2D eigenvalue weighted by Gasteiger charge is 2.43. The topological polar surface area (TPSA) is 38.7 Å². The highest BCUT2D eigenvalue weighted by atomic mass is 16.5. The molecule has 3 atom stereocenters. The average Bonchev–Trinajstić information content (AvgIpc) is 2.46. The second-order valence-electron chi connectivity index (χ2n) is 5.84. The first-order valence-electron chi connectivity index (χ1n) is 7.58. The van der Waals surface area contributed by atoms with Crippen LogP contribution in [0.1, 0.15) is 51.2 Å². The van der Waals surface area contributed by atoms with Crippen molar-refractivity contribution in [2.75, 3.05) is 13.7 Å². The summed E-state index contributed by atoms with van der Waals surface area (Å²) >= 11 is 0. The highest BCUT2D eigenvalue weighted by molar-refractivity contribution is 5.36. The van der Waals surface area contributed by atoms with Crippen LogP contribution in [0, 0.1) is 5.92 Å². The summed E-state index contributed by atoms with van der Waals surface area (Å²) in [7, 11) is 1.64. The second kappa shape index (κ2) is 6.59. The van der Waals surface area contributed by atoms with Crippen LogP contribution in [0.15, 0.2) is 24.3 Å². The summed E-state index contributed by atoms with van der Waals surface area (Å²) in [4.78, 5) is 0. The van der Waals surface area contributed by atoms with Gasteiger partial charge in [0.15, 0.2) is 0 Å². The molecule has 0 saturated heterocycles. The van der Waals surface area contributed by atoms with E-state index in [0.717, 1.165) is 30.6 Å². The van der Waals surface area contributed by atoms with E-state index in [4.69, 9.17) is 9.47 Å². The number of benzene rings is 1. The predicted molar refractivity (Wildman–Crippen MR) is 79.9 cm³/mol. The third-order valence-electron chi connectivity index (χ3n) is 4.35. The normalized spacial score (nSPS) is 28.1. The monoisotopic (exact) mass is 278 g/mol. The molecule has 1 aliphatic rings. The molecule has 0 radical (unpaired) electrons. The molecule has 1 aliphatic carbocycles. The Hall–Kier alpha value is -1.06. The largest absolute Gasteiger partial charge is 0.496 e. The van der Waals surface area contributed by atoms with E-state index in [1.165, 1.54) is 6.42 Å². The molecule has 1 aromatic rings. The molecule has 2 rings (SSSR count). The van der Waals surface area contributed by atoms with Gasteiger partial charge >= 0.3 is 0 Å². The summed E-state index contributed by atoms with van der Waals surface area (Å²) in [6.45, 7) is 4.86. The maximum absolute atomic E-state index is 11.0. The Morgan fingerprint density at radius 1 is 1.40 bits per heavy atom. The Bertz CT molecular complexity index is 428. The maximum Gasteiger partial charge on any atom is 0.124 e. The van der Waals surface area contributed by atoms with Crippen LogP contribution in [-0.4, -0.2) is 24.4 Å². The Kier molecular flexibility index (Phi) is 5.06. The van der Waals surface area contributed by atoms with Crippen LogP contribution in [0.3, 0.4) is 0 Å². The molecule has 3 heteroatoms. The summed E-state index contributed by atoms with van der Waals surface area (Å²) in [6, 6.07) is 7.69. The molecule has 0 spiro atoms. The van der Waals surface area contributed by atoms with Crippen LogP contribution in [-0.2, 0) is 4.74 Å². The van der Waals surface area contributed by atoms with Crippen molar-refractivity contribution in [2.24, 2.45) is 5.92 Å². The van der Waals surface area contributed by atoms with Crippen molar-refractivity contribution < 1.29 is 14.6 Å². The lowest BCUT2D eigenvalue weighted by molar-refractivity contribution is -0.150. The smallest absolute Gasteiger partial charge is 0.124 e. The fraction of sp³-hybridized carbons (Fsp3) is 0.647. The molecule has 0 aromatic heterocycles. The lowest BCUT2D eigenvalue weighted by Gasteiger charge is -2.43. The van der Waals surface area contributed by atoms with Crippen LogP contribution in [0.4, 0.5) is 0 Å². The molecule has 0 bridgehead atoms. The molecular formula is C17H26O3. The SMILES string of the molecule is CCOC1(C(O)c2ccccc2OC)CCCC(C)C1. The first-order valence-corrected chi connectivity index (χ1v) is 7.58. The van der Waals surface area contributed by atoms with Gasteiger partial charge in [-0.1, -0.05) is 38.0 Å². The summed E-state index contributed by atoms with van der Waals surface area (Å²) in [5, 5.41) is 11.0. The van der Waals surface area contributed by atoms with E-state index < -0.39 is 11.7 Å². The minimum absolute atomic E-state index is 0.471. The van der Waals surface area contributed by atoms with Gasteiger partial charge in [-0.15, -0.1) is 0 Å². The van der Waals surface area contributed by atoms with E-state index >= 15 is 0 Å². The van der Waals surface area contributed by atoms with Crippen LogP contribution in [0.2, 0.25) is 0 Å². The molecule has 1 fully saturated rings. The molecule has 1 saturated carbocycles. The predicted octanol–water partition coefficient (Wildman–Crippen LogP) is 3.71. The number of aliphatic hydroxyl groups excluding tert-OH is 1. The van der Waals surface area contributed by atoms with Gasteiger partial charge in [-0.05, 0) is 31.7 Å². The Morgan fingerprint density at radius 2 is 2.15 bits per heavy atom. The summed E-state index contributed by atoms with van der Waals surface area (Å²) in [5.74, 6) is 1.32. The van der Waals surface area contributed by atoms with Crippen molar-refractivity contribution in [3.8, 4) is 5.75 Å². The van der Waals surface area contributed by atoms with Gasteiger partial charge in [0.1, 0.15) is 11.9 Å². The van der Waals surface area contributed by atoms with E-state index in [9.17, 15) is 5.11 Å². The number of rotatable bonds is 5. The third kappa shape index (κ3) is 2.99. The average molecular weight is 278 g/mol. The Balaban J connectivity index is 2.33. The summed E-state index contributed by atoms with van der Waals surface area (Å²) in [5.41, 5.74) is 0.360. The minimum Gasteiger partial charge on any atom is -0.496 e. The zero-order valence-corrected chi connectivity index (χ0v) is 12.8. The van der Waals surface area contributed by atoms with Gasteiger partial charge < -0.3 is 14.6 Å². The fourth-order valence-electron chi connectivity index (χ4n) is 3.47. The van der Waals surface area contributed by atoms with Crippen molar-refractivity contribution in [1.82, 2.24) is 0 Å². The molecule has 1 N–H and O–H groups in total. The molecule has 3 nitrogen and oxygen atoms in total. The number of para-hydroxylation sites is 1. The number of aliphatic hydroxyl groups is 1. The molecule has 3 unspecified atom stereocenters. The summed E-state index contributed by atoms with van der Waals surface area (Å²) < 4.78 is 11.4. The molecule has 0 heterocycles. The molecule has 20 heavy (non-hydrogen) atoms. The lowest BCUT2D eigenvalue weighted by atomic mass is 9.73. The molecule has 0 amide bonds. The van der Waals surface area contributed by atoms with Crippen LogP contribution < -0.4 is 4.74 Å². The van der Waals surface area contributed by atoms with E-state index in [1.807, 2.05) is 31.2 Å². The Labute approximate surface area is 121 Å². The maximum atomic E-state index is 11.0. The zero-order chi connectivity index (χ0) is 14.6. The van der Waals surface area contributed by atoms with Gasteiger partial charge in [-0.3, -0.25) is 0 Å². The number of ether oxygens (including phenoxy) is 2. The van der Waals surface area contributed by atoms with Crippen LogP contribution in [0.25, 0.3) is 0 Å². The Morgan fingerprint density at radius 3 is 2.80 bits per heavy atom. The van der Waals surface area contributed by atoms with Crippen molar-refractivity contribution in [1.29, 1.82) is 0 Å². The number of hydrogen-bond acceptors (Lipinski definition) is 3. The minimum atomic E-state index is -0.638. The number of hydrogen-bond donors (Lipinski definition) is 1. The van der Waals surface area contributed by atoms with E-state index in [2.05, 4.69) is 6.92 Å².